The first-order valence-corrected chi connectivity index (χ1v) is 10.0. The monoisotopic (exact) mass is 361 g/mol. The SMILES string of the molecule is CN1CCN(C[C@]2(O)CCCN(C(=O)c3n[nH]c4c3CCC4)CC2)CC1. The Balaban J connectivity index is 1.37. The second-order valence-electron chi connectivity index (χ2n) is 8.33. The molecule has 1 aromatic rings. The maximum absolute atomic E-state index is 13.0. The molecule has 3 heterocycles. The third-order valence-electron chi connectivity index (χ3n) is 6.33. The molecule has 0 spiro atoms. The largest absolute Gasteiger partial charge is 0.388 e. The average molecular weight is 361 g/mol. The Kier molecular flexibility index (Phi) is 5.03. The van der Waals surface area contributed by atoms with Gasteiger partial charge in [-0.25, -0.2) is 0 Å². The quantitative estimate of drug-likeness (QED) is 0.820. The smallest absolute Gasteiger partial charge is 0.274 e. The van der Waals surface area contributed by atoms with E-state index >= 15 is 0 Å². The number of β-amino-alcohol motifs (C(OH)–C–C–N with tert-alkyl or cyclic N) is 1. The number of fused-ring (bicyclic) bond motifs is 1. The van der Waals surface area contributed by atoms with E-state index in [-0.39, 0.29) is 5.91 Å². The summed E-state index contributed by atoms with van der Waals surface area (Å²) in [4.78, 5) is 19.6. The fraction of sp³-hybridized carbons (Fsp3) is 0.789. The molecule has 7 nitrogen and oxygen atoms in total. The molecule has 7 heteroatoms. The first-order chi connectivity index (χ1) is 12.5. The summed E-state index contributed by atoms with van der Waals surface area (Å²) in [6, 6.07) is 0. The number of likely N-dealkylation sites (N-methyl/N-ethyl adjacent to an activating group) is 1. The molecule has 0 aromatic carbocycles. The summed E-state index contributed by atoms with van der Waals surface area (Å²) in [5, 5.41) is 18.5. The van der Waals surface area contributed by atoms with Crippen molar-refractivity contribution in [1.82, 2.24) is 24.9 Å². The molecule has 2 saturated heterocycles. The highest BCUT2D eigenvalue weighted by molar-refractivity contribution is 5.94. The number of H-pyrrole nitrogens is 1. The normalized spacial score (nSPS) is 28.2. The number of amides is 1. The van der Waals surface area contributed by atoms with Gasteiger partial charge in [-0.15, -0.1) is 0 Å². The van der Waals surface area contributed by atoms with Crippen molar-refractivity contribution in [2.75, 3.05) is 52.9 Å². The first-order valence-electron chi connectivity index (χ1n) is 10.0. The summed E-state index contributed by atoms with van der Waals surface area (Å²) in [5.74, 6) is 0.0354. The third-order valence-corrected chi connectivity index (χ3v) is 6.33. The molecule has 0 bridgehead atoms. The average Bonchev–Trinajstić information content (AvgIpc) is 3.18. The number of carbonyl (C=O) groups excluding carboxylic acids is 1. The van der Waals surface area contributed by atoms with Gasteiger partial charge in [-0.05, 0) is 45.6 Å². The van der Waals surface area contributed by atoms with Crippen molar-refractivity contribution in [1.29, 1.82) is 0 Å². The van der Waals surface area contributed by atoms with E-state index in [2.05, 4.69) is 27.0 Å². The van der Waals surface area contributed by atoms with Crippen LogP contribution in [0.15, 0.2) is 0 Å². The summed E-state index contributed by atoms with van der Waals surface area (Å²) in [6.45, 7) is 6.20. The van der Waals surface area contributed by atoms with Crippen molar-refractivity contribution >= 4 is 5.91 Å². The highest BCUT2D eigenvalue weighted by Crippen LogP contribution is 2.27. The lowest BCUT2D eigenvalue weighted by atomic mass is 9.94. The van der Waals surface area contributed by atoms with Crippen molar-refractivity contribution in [3.05, 3.63) is 17.0 Å². The molecule has 1 aromatic heterocycles. The third kappa shape index (κ3) is 3.66. The van der Waals surface area contributed by atoms with E-state index in [4.69, 9.17) is 0 Å². The molecule has 1 amide bonds. The minimum Gasteiger partial charge on any atom is -0.388 e. The van der Waals surface area contributed by atoms with Crippen LogP contribution in [-0.4, -0.2) is 94.4 Å². The predicted molar refractivity (Wildman–Crippen MR) is 99.3 cm³/mol. The highest BCUT2D eigenvalue weighted by Gasteiger charge is 2.35. The van der Waals surface area contributed by atoms with Gasteiger partial charge in [0.15, 0.2) is 5.69 Å². The van der Waals surface area contributed by atoms with Gasteiger partial charge in [-0.3, -0.25) is 14.8 Å². The molecule has 0 saturated carbocycles. The van der Waals surface area contributed by atoms with Crippen LogP contribution < -0.4 is 0 Å². The molecule has 2 aliphatic heterocycles. The number of hydrogen-bond donors (Lipinski definition) is 2. The number of piperazine rings is 1. The van der Waals surface area contributed by atoms with Crippen molar-refractivity contribution in [3.8, 4) is 0 Å². The summed E-state index contributed by atoms with van der Waals surface area (Å²) in [6.07, 6.45) is 5.32. The van der Waals surface area contributed by atoms with Crippen LogP contribution in [0.2, 0.25) is 0 Å². The van der Waals surface area contributed by atoms with Gasteiger partial charge in [-0.2, -0.15) is 5.10 Å². The Labute approximate surface area is 155 Å². The molecular formula is C19H31N5O2. The zero-order valence-electron chi connectivity index (χ0n) is 15.8. The molecule has 0 radical (unpaired) electrons. The van der Waals surface area contributed by atoms with E-state index in [1.54, 1.807) is 0 Å². The maximum atomic E-state index is 13.0. The molecule has 2 N–H and O–H groups in total. The second kappa shape index (κ2) is 7.29. The highest BCUT2D eigenvalue weighted by atomic mass is 16.3. The van der Waals surface area contributed by atoms with Crippen LogP contribution in [-0.2, 0) is 12.8 Å². The number of aliphatic hydroxyl groups is 1. The lowest BCUT2D eigenvalue weighted by Gasteiger charge is -2.38. The number of aryl methyl sites for hydroxylation is 1. The standard InChI is InChI=1S/C19H31N5O2/c1-22-10-12-23(13-11-22)14-19(26)6-3-8-24(9-7-19)18(25)17-15-4-2-5-16(15)20-21-17/h26H,2-14H2,1H3,(H,20,21)/t19-/m0/s1. The van der Waals surface area contributed by atoms with Crippen LogP contribution in [0.4, 0.5) is 0 Å². The number of hydrogen-bond acceptors (Lipinski definition) is 5. The van der Waals surface area contributed by atoms with E-state index in [9.17, 15) is 9.90 Å². The van der Waals surface area contributed by atoms with E-state index in [0.717, 1.165) is 76.1 Å². The molecule has 0 unspecified atom stereocenters. The molecule has 4 rings (SSSR count). The summed E-state index contributed by atoms with van der Waals surface area (Å²) in [7, 11) is 2.15. The minimum atomic E-state index is -0.682. The lowest BCUT2D eigenvalue weighted by Crippen LogP contribution is -2.51. The van der Waals surface area contributed by atoms with Crippen molar-refractivity contribution in [2.24, 2.45) is 0 Å². The van der Waals surface area contributed by atoms with Gasteiger partial charge >= 0.3 is 0 Å². The Bertz CT molecular complexity index is 652. The number of likely N-dealkylation sites (tertiary alicyclic amines) is 1. The van der Waals surface area contributed by atoms with Crippen LogP contribution in [0.25, 0.3) is 0 Å². The minimum absolute atomic E-state index is 0.0354. The molecule has 1 aliphatic carbocycles. The number of carbonyl (C=O) groups is 1. The Morgan fingerprint density at radius 3 is 2.73 bits per heavy atom. The molecule has 26 heavy (non-hydrogen) atoms. The first kappa shape index (κ1) is 17.9. The van der Waals surface area contributed by atoms with E-state index < -0.39 is 5.60 Å². The number of nitrogens with one attached hydrogen (secondary N) is 1. The van der Waals surface area contributed by atoms with Gasteiger partial charge in [0.2, 0.25) is 0 Å². The number of rotatable bonds is 3. The van der Waals surface area contributed by atoms with Gasteiger partial charge < -0.3 is 14.9 Å². The molecule has 3 aliphatic rings. The molecular weight excluding hydrogens is 330 g/mol. The summed E-state index contributed by atoms with van der Waals surface area (Å²) in [5.41, 5.74) is 2.18. The topological polar surface area (TPSA) is 75.7 Å². The molecule has 1 atom stereocenters. The Hall–Kier alpha value is -1.44. The van der Waals surface area contributed by atoms with Gasteiger partial charge in [0, 0.05) is 57.1 Å². The van der Waals surface area contributed by atoms with Crippen molar-refractivity contribution < 1.29 is 9.90 Å². The number of aromatic amines is 1. The molecule has 144 valence electrons. The van der Waals surface area contributed by atoms with Crippen LogP contribution in [0.3, 0.4) is 0 Å². The Morgan fingerprint density at radius 2 is 1.92 bits per heavy atom. The number of aromatic nitrogens is 2. The zero-order valence-corrected chi connectivity index (χ0v) is 15.8. The van der Waals surface area contributed by atoms with Crippen LogP contribution in [0, 0.1) is 0 Å². The van der Waals surface area contributed by atoms with Gasteiger partial charge in [0.05, 0.1) is 5.60 Å². The van der Waals surface area contributed by atoms with E-state index in [0.29, 0.717) is 25.2 Å². The zero-order chi connectivity index (χ0) is 18.1. The van der Waals surface area contributed by atoms with Gasteiger partial charge in [-0.1, -0.05) is 0 Å². The van der Waals surface area contributed by atoms with Crippen LogP contribution in [0.5, 0.6) is 0 Å². The van der Waals surface area contributed by atoms with E-state index in [1.807, 2.05) is 4.90 Å². The summed E-state index contributed by atoms with van der Waals surface area (Å²) >= 11 is 0. The van der Waals surface area contributed by atoms with E-state index in [1.165, 1.54) is 0 Å². The van der Waals surface area contributed by atoms with Crippen molar-refractivity contribution in [2.45, 2.75) is 44.1 Å². The van der Waals surface area contributed by atoms with Crippen molar-refractivity contribution in [3.63, 3.8) is 0 Å². The second-order valence-corrected chi connectivity index (χ2v) is 8.33. The number of nitrogens with zero attached hydrogens (tertiary/aromatic N) is 4. The summed E-state index contributed by atoms with van der Waals surface area (Å²) < 4.78 is 0. The Morgan fingerprint density at radius 1 is 1.12 bits per heavy atom. The fourth-order valence-corrected chi connectivity index (χ4v) is 4.61. The predicted octanol–water partition coefficient (Wildman–Crippen LogP) is 0.503. The maximum Gasteiger partial charge on any atom is 0.274 e. The van der Waals surface area contributed by atoms with Crippen LogP contribution >= 0.6 is 0 Å². The van der Waals surface area contributed by atoms with Gasteiger partial charge in [0.25, 0.3) is 5.91 Å². The lowest BCUT2D eigenvalue weighted by molar-refractivity contribution is -0.0179. The fourth-order valence-electron chi connectivity index (χ4n) is 4.61. The molecule has 2 fully saturated rings. The van der Waals surface area contributed by atoms with Crippen LogP contribution in [0.1, 0.15) is 47.4 Å². The van der Waals surface area contributed by atoms with Gasteiger partial charge in [0.1, 0.15) is 0 Å².